The molecule has 20 heavy (non-hydrogen) atoms. The van der Waals surface area contributed by atoms with Gasteiger partial charge in [0.1, 0.15) is 18.1 Å². The lowest BCUT2D eigenvalue weighted by atomic mass is 9.85. The Balaban J connectivity index is 1.44. The average Bonchev–Trinajstić information content (AvgIpc) is 3.21. The Bertz CT molecular complexity index is 411. The molecule has 2 atom stereocenters. The molecule has 2 saturated carbocycles. The van der Waals surface area contributed by atoms with E-state index in [1.807, 2.05) is 0 Å². The van der Waals surface area contributed by atoms with Crippen LogP contribution in [0.2, 0.25) is 0 Å². The van der Waals surface area contributed by atoms with Crippen LogP contribution in [0, 0.1) is 5.92 Å². The topological polar surface area (TPSA) is 34.4 Å². The van der Waals surface area contributed by atoms with Gasteiger partial charge in [-0.3, -0.25) is 0 Å². The van der Waals surface area contributed by atoms with Crippen molar-refractivity contribution in [1.29, 1.82) is 0 Å². The molecule has 0 bridgehead atoms. The summed E-state index contributed by atoms with van der Waals surface area (Å²) in [5.74, 6) is 2.75. The summed E-state index contributed by atoms with van der Waals surface area (Å²) in [6.45, 7) is 3.76. The minimum Gasteiger partial charge on any atom is -0.462 e. The molecule has 1 aromatic rings. The zero-order valence-corrected chi connectivity index (χ0v) is 12.6. The van der Waals surface area contributed by atoms with Crippen molar-refractivity contribution in [3.8, 4) is 0 Å². The first-order chi connectivity index (χ1) is 9.85. The summed E-state index contributed by atoms with van der Waals surface area (Å²) in [5.41, 5.74) is 0. The number of hydrogen-bond acceptors (Lipinski definition) is 3. The summed E-state index contributed by atoms with van der Waals surface area (Å²) in [6.07, 6.45) is 9.54. The molecule has 1 aromatic heterocycles. The van der Waals surface area contributed by atoms with Crippen LogP contribution >= 0.6 is 0 Å². The monoisotopic (exact) mass is 277 g/mol. The molecule has 3 nitrogen and oxygen atoms in total. The van der Waals surface area contributed by atoms with Crippen molar-refractivity contribution in [2.45, 2.75) is 77.2 Å². The van der Waals surface area contributed by atoms with E-state index < -0.39 is 0 Å². The summed E-state index contributed by atoms with van der Waals surface area (Å²) in [4.78, 5) is 0. The van der Waals surface area contributed by atoms with Gasteiger partial charge in [-0.15, -0.1) is 0 Å². The predicted molar refractivity (Wildman–Crippen MR) is 79.4 cm³/mol. The molecule has 112 valence electrons. The van der Waals surface area contributed by atoms with E-state index in [1.54, 1.807) is 0 Å². The van der Waals surface area contributed by atoms with Gasteiger partial charge in [0, 0.05) is 6.04 Å². The van der Waals surface area contributed by atoms with E-state index in [1.165, 1.54) is 44.9 Å². The molecule has 0 spiro atoms. The van der Waals surface area contributed by atoms with E-state index in [9.17, 15) is 0 Å². The molecule has 2 unspecified atom stereocenters. The molecule has 2 aliphatic rings. The quantitative estimate of drug-likeness (QED) is 0.817. The minimum absolute atomic E-state index is 0.437. The summed E-state index contributed by atoms with van der Waals surface area (Å²) in [7, 11) is 0. The number of ether oxygens (including phenoxy) is 1. The SMILES string of the molecule is CCC1CCCCC1OCc1ccc(CNC2CC2)o1. The first kappa shape index (κ1) is 14.2. The van der Waals surface area contributed by atoms with Crippen LogP contribution in [-0.4, -0.2) is 12.1 Å². The lowest BCUT2D eigenvalue weighted by molar-refractivity contribution is -0.0286. The van der Waals surface area contributed by atoms with E-state index in [0.717, 1.165) is 30.0 Å². The van der Waals surface area contributed by atoms with Crippen LogP contribution in [0.15, 0.2) is 16.5 Å². The fourth-order valence-electron chi connectivity index (χ4n) is 3.18. The molecular formula is C17H27NO2. The second-order valence-electron chi connectivity index (χ2n) is 6.33. The van der Waals surface area contributed by atoms with Crippen LogP contribution in [0.5, 0.6) is 0 Å². The van der Waals surface area contributed by atoms with Crippen molar-refractivity contribution < 1.29 is 9.15 Å². The van der Waals surface area contributed by atoms with Crippen LogP contribution in [0.25, 0.3) is 0 Å². The van der Waals surface area contributed by atoms with E-state index in [4.69, 9.17) is 9.15 Å². The predicted octanol–water partition coefficient (Wildman–Crippen LogP) is 4.02. The van der Waals surface area contributed by atoms with Gasteiger partial charge >= 0.3 is 0 Å². The molecular weight excluding hydrogens is 250 g/mol. The Morgan fingerprint density at radius 1 is 1.15 bits per heavy atom. The number of rotatable bonds is 7. The second kappa shape index (κ2) is 6.77. The van der Waals surface area contributed by atoms with Gasteiger partial charge < -0.3 is 14.5 Å². The zero-order chi connectivity index (χ0) is 13.8. The number of nitrogens with one attached hydrogen (secondary N) is 1. The highest BCUT2D eigenvalue weighted by Crippen LogP contribution is 2.30. The van der Waals surface area contributed by atoms with Gasteiger partial charge in [0.2, 0.25) is 0 Å². The second-order valence-corrected chi connectivity index (χ2v) is 6.33. The Labute approximate surface area is 122 Å². The fourth-order valence-corrected chi connectivity index (χ4v) is 3.18. The molecule has 2 aliphatic carbocycles. The van der Waals surface area contributed by atoms with Crippen molar-refractivity contribution in [3.63, 3.8) is 0 Å². The molecule has 0 saturated heterocycles. The molecule has 3 heteroatoms. The van der Waals surface area contributed by atoms with Crippen molar-refractivity contribution in [2.24, 2.45) is 5.92 Å². The molecule has 0 amide bonds. The zero-order valence-electron chi connectivity index (χ0n) is 12.6. The molecule has 3 rings (SSSR count). The first-order valence-corrected chi connectivity index (χ1v) is 8.27. The van der Waals surface area contributed by atoms with Crippen molar-refractivity contribution in [3.05, 3.63) is 23.7 Å². The largest absolute Gasteiger partial charge is 0.462 e. The normalized spacial score (nSPS) is 26.9. The number of hydrogen-bond donors (Lipinski definition) is 1. The fraction of sp³-hybridized carbons (Fsp3) is 0.765. The maximum absolute atomic E-state index is 6.11. The number of furan rings is 1. The third kappa shape index (κ3) is 3.86. The van der Waals surface area contributed by atoms with Crippen LogP contribution in [-0.2, 0) is 17.9 Å². The smallest absolute Gasteiger partial charge is 0.129 e. The van der Waals surface area contributed by atoms with Gasteiger partial charge in [0.15, 0.2) is 0 Å². The highest BCUT2D eigenvalue weighted by molar-refractivity contribution is 5.06. The van der Waals surface area contributed by atoms with Gasteiger partial charge in [-0.1, -0.05) is 26.2 Å². The molecule has 1 heterocycles. The van der Waals surface area contributed by atoms with E-state index in [-0.39, 0.29) is 0 Å². The van der Waals surface area contributed by atoms with Crippen LogP contribution in [0.1, 0.15) is 63.4 Å². The molecule has 0 aromatic carbocycles. The average molecular weight is 277 g/mol. The van der Waals surface area contributed by atoms with E-state index in [2.05, 4.69) is 24.4 Å². The van der Waals surface area contributed by atoms with Gasteiger partial charge in [-0.25, -0.2) is 0 Å². The van der Waals surface area contributed by atoms with E-state index in [0.29, 0.717) is 12.7 Å². The third-order valence-corrected chi connectivity index (χ3v) is 4.66. The van der Waals surface area contributed by atoms with Crippen molar-refractivity contribution in [1.82, 2.24) is 5.32 Å². The Hall–Kier alpha value is -0.800. The third-order valence-electron chi connectivity index (χ3n) is 4.66. The Morgan fingerprint density at radius 3 is 2.75 bits per heavy atom. The summed E-state index contributed by atoms with van der Waals surface area (Å²) >= 11 is 0. The van der Waals surface area contributed by atoms with Crippen LogP contribution in [0.4, 0.5) is 0 Å². The highest BCUT2D eigenvalue weighted by atomic mass is 16.5. The Morgan fingerprint density at radius 2 is 1.95 bits per heavy atom. The summed E-state index contributed by atoms with van der Waals surface area (Å²) < 4.78 is 11.9. The van der Waals surface area contributed by atoms with E-state index >= 15 is 0 Å². The van der Waals surface area contributed by atoms with Gasteiger partial charge in [-0.2, -0.15) is 0 Å². The Kier molecular flexibility index (Phi) is 4.79. The lowest BCUT2D eigenvalue weighted by Crippen LogP contribution is -2.27. The maximum atomic E-state index is 6.11. The standard InChI is InChI=1S/C17H27NO2/c1-2-13-5-3-4-6-17(13)19-12-16-10-9-15(20-16)11-18-14-7-8-14/h9-10,13-14,17-18H,2-8,11-12H2,1H3. The van der Waals surface area contributed by atoms with Gasteiger partial charge in [-0.05, 0) is 43.7 Å². The molecule has 0 aliphatic heterocycles. The summed E-state index contributed by atoms with van der Waals surface area (Å²) in [5, 5.41) is 3.47. The van der Waals surface area contributed by atoms with Gasteiger partial charge in [0.05, 0.1) is 12.6 Å². The lowest BCUT2D eigenvalue weighted by Gasteiger charge is -2.30. The molecule has 1 N–H and O–H groups in total. The summed E-state index contributed by atoms with van der Waals surface area (Å²) in [6, 6.07) is 4.87. The van der Waals surface area contributed by atoms with Gasteiger partial charge in [0.25, 0.3) is 0 Å². The molecule has 0 radical (unpaired) electrons. The molecule has 2 fully saturated rings. The van der Waals surface area contributed by atoms with Crippen molar-refractivity contribution >= 4 is 0 Å². The minimum atomic E-state index is 0.437. The van der Waals surface area contributed by atoms with Crippen LogP contribution in [0.3, 0.4) is 0 Å². The highest BCUT2D eigenvalue weighted by Gasteiger charge is 2.24. The maximum Gasteiger partial charge on any atom is 0.129 e. The first-order valence-electron chi connectivity index (χ1n) is 8.27. The van der Waals surface area contributed by atoms with Crippen LogP contribution < -0.4 is 5.32 Å². The van der Waals surface area contributed by atoms with Crippen molar-refractivity contribution in [2.75, 3.05) is 0 Å².